The quantitative estimate of drug-likeness (QED) is 0.487. The van der Waals surface area contributed by atoms with Crippen LogP contribution < -0.4 is 10.1 Å². The van der Waals surface area contributed by atoms with Crippen molar-refractivity contribution in [2.45, 2.75) is 45.3 Å². The van der Waals surface area contributed by atoms with E-state index in [4.69, 9.17) is 4.74 Å². The van der Waals surface area contributed by atoms with Crippen molar-refractivity contribution in [3.63, 3.8) is 0 Å². The van der Waals surface area contributed by atoms with Crippen LogP contribution in [0.5, 0.6) is 5.75 Å². The lowest BCUT2D eigenvalue weighted by Crippen LogP contribution is -2.26. The molecule has 8 heteroatoms. The number of rotatable bonds is 7. The fourth-order valence-electron chi connectivity index (χ4n) is 4.06. The molecule has 5 rings (SSSR count). The fraction of sp³-hybridized carbons (Fsp3) is 0.333. The molecule has 0 aliphatic carbocycles. The Morgan fingerprint density at radius 3 is 3.00 bits per heavy atom. The molecule has 1 aliphatic rings. The maximum atomic E-state index is 12.6. The standard InChI is InChI=1S/C24H26N6O2/c31-24(25-12-11-23-28-27-22-10-2-1-4-14-30(22)23)18-7-6-8-20(15-18)32-17-19-16-29-13-5-3-9-21(29)26-19/h3,5-9,13,15-16H,1-2,4,10-12,14,17H2,(H,25,31). The Hall–Kier alpha value is -3.68. The van der Waals surface area contributed by atoms with Gasteiger partial charge in [-0.25, -0.2) is 4.98 Å². The summed E-state index contributed by atoms with van der Waals surface area (Å²) in [5.74, 6) is 2.53. The smallest absolute Gasteiger partial charge is 0.251 e. The second-order valence-corrected chi connectivity index (χ2v) is 8.02. The van der Waals surface area contributed by atoms with Crippen molar-refractivity contribution < 1.29 is 9.53 Å². The van der Waals surface area contributed by atoms with Gasteiger partial charge in [0.25, 0.3) is 5.91 Å². The van der Waals surface area contributed by atoms with Gasteiger partial charge in [-0.15, -0.1) is 10.2 Å². The molecule has 0 atom stereocenters. The summed E-state index contributed by atoms with van der Waals surface area (Å²) in [4.78, 5) is 17.2. The first-order valence-electron chi connectivity index (χ1n) is 11.1. The molecule has 1 N–H and O–H groups in total. The molecule has 164 valence electrons. The third-order valence-electron chi connectivity index (χ3n) is 5.72. The summed E-state index contributed by atoms with van der Waals surface area (Å²) in [6.45, 7) is 1.82. The number of ether oxygens (including phenoxy) is 1. The van der Waals surface area contributed by atoms with Crippen molar-refractivity contribution in [1.29, 1.82) is 0 Å². The first kappa shape index (κ1) is 20.2. The van der Waals surface area contributed by atoms with E-state index in [0.717, 1.165) is 42.4 Å². The van der Waals surface area contributed by atoms with Gasteiger partial charge in [-0.1, -0.05) is 18.6 Å². The summed E-state index contributed by atoms with van der Waals surface area (Å²) >= 11 is 0. The molecule has 4 heterocycles. The normalized spacial score (nSPS) is 13.5. The number of fused-ring (bicyclic) bond motifs is 2. The summed E-state index contributed by atoms with van der Waals surface area (Å²) in [6.07, 6.45) is 9.11. The van der Waals surface area contributed by atoms with E-state index in [1.54, 1.807) is 12.1 Å². The van der Waals surface area contributed by atoms with E-state index < -0.39 is 0 Å². The fourth-order valence-corrected chi connectivity index (χ4v) is 4.06. The van der Waals surface area contributed by atoms with Gasteiger partial charge in [0.05, 0.1) is 5.69 Å². The third kappa shape index (κ3) is 4.49. The molecule has 1 amide bonds. The number of benzene rings is 1. The average Bonchev–Trinajstić information content (AvgIpc) is 3.33. The van der Waals surface area contributed by atoms with Crippen LogP contribution in [0.4, 0.5) is 0 Å². The van der Waals surface area contributed by atoms with Gasteiger partial charge < -0.3 is 19.0 Å². The maximum absolute atomic E-state index is 12.6. The molecule has 0 fully saturated rings. The average molecular weight is 431 g/mol. The lowest BCUT2D eigenvalue weighted by atomic mass is 10.2. The minimum Gasteiger partial charge on any atom is -0.487 e. The Labute approximate surface area is 186 Å². The van der Waals surface area contributed by atoms with Crippen LogP contribution in [-0.2, 0) is 26.0 Å². The zero-order valence-corrected chi connectivity index (χ0v) is 17.9. The molecule has 1 aromatic carbocycles. The molecule has 0 unspecified atom stereocenters. The first-order chi connectivity index (χ1) is 15.8. The molecule has 0 spiro atoms. The van der Waals surface area contributed by atoms with Crippen LogP contribution in [-0.4, -0.2) is 36.6 Å². The number of pyridine rings is 1. The lowest BCUT2D eigenvalue weighted by Gasteiger charge is -2.09. The topological polar surface area (TPSA) is 86.3 Å². The van der Waals surface area contributed by atoms with E-state index in [1.807, 2.05) is 47.1 Å². The second-order valence-electron chi connectivity index (χ2n) is 8.02. The highest BCUT2D eigenvalue weighted by atomic mass is 16.5. The number of imidazole rings is 1. The monoisotopic (exact) mass is 430 g/mol. The molecular weight excluding hydrogens is 404 g/mol. The van der Waals surface area contributed by atoms with Crippen molar-refractivity contribution in [1.82, 2.24) is 29.5 Å². The van der Waals surface area contributed by atoms with Crippen molar-refractivity contribution in [3.05, 3.63) is 77.8 Å². The molecule has 0 radical (unpaired) electrons. The molecule has 0 saturated heterocycles. The number of amides is 1. The zero-order valence-electron chi connectivity index (χ0n) is 17.9. The number of hydrogen-bond acceptors (Lipinski definition) is 5. The molecular formula is C24H26N6O2. The highest BCUT2D eigenvalue weighted by Gasteiger charge is 2.15. The number of aromatic nitrogens is 5. The SMILES string of the molecule is O=C(NCCc1nnc2n1CCCCC2)c1cccc(OCc2cn3ccccc3n2)c1. The Kier molecular flexibility index (Phi) is 5.83. The van der Waals surface area contributed by atoms with E-state index in [-0.39, 0.29) is 5.91 Å². The molecule has 0 bridgehead atoms. The number of carbonyl (C=O) groups excluding carboxylic acids is 1. The largest absolute Gasteiger partial charge is 0.487 e. The van der Waals surface area contributed by atoms with Crippen LogP contribution in [0, 0.1) is 0 Å². The molecule has 1 aliphatic heterocycles. The summed E-state index contributed by atoms with van der Waals surface area (Å²) in [7, 11) is 0. The minimum atomic E-state index is -0.126. The van der Waals surface area contributed by atoms with E-state index in [1.165, 1.54) is 12.8 Å². The zero-order chi connectivity index (χ0) is 21.8. The molecule has 8 nitrogen and oxygen atoms in total. The maximum Gasteiger partial charge on any atom is 0.251 e. The molecule has 32 heavy (non-hydrogen) atoms. The van der Waals surface area contributed by atoms with Crippen LogP contribution in [0.3, 0.4) is 0 Å². The van der Waals surface area contributed by atoms with E-state index in [2.05, 4.69) is 25.1 Å². The third-order valence-corrected chi connectivity index (χ3v) is 5.72. The van der Waals surface area contributed by atoms with E-state index >= 15 is 0 Å². The van der Waals surface area contributed by atoms with Crippen molar-refractivity contribution >= 4 is 11.6 Å². The van der Waals surface area contributed by atoms with Crippen LogP contribution in [0.25, 0.3) is 5.65 Å². The van der Waals surface area contributed by atoms with Crippen molar-refractivity contribution in [2.75, 3.05) is 6.54 Å². The molecule has 0 saturated carbocycles. The van der Waals surface area contributed by atoms with Gasteiger partial charge >= 0.3 is 0 Å². The van der Waals surface area contributed by atoms with Crippen LogP contribution in [0.2, 0.25) is 0 Å². The van der Waals surface area contributed by atoms with Gasteiger partial charge in [0.15, 0.2) is 0 Å². The first-order valence-corrected chi connectivity index (χ1v) is 11.1. The van der Waals surface area contributed by atoms with Gasteiger partial charge in [0.2, 0.25) is 0 Å². The Morgan fingerprint density at radius 2 is 2.06 bits per heavy atom. The predicted molar refractivity (Wildman–Crippen MR) is 120 cm³/mol. The van der Waals surface area contributed by atoms with Crippen LogP contribution in [0.1, 0.15) is 47.0 Å². The number of carbonyl (C=O) groups is 1. The highest BCUT2D eigenvalue weighted by Crippen LogP contribution is 2.16. The molecule has 3 aromatic heterocycles. The number of hydrogen-bond donors (Lipinski definition) is 1. The summed E-state index contributed by atoms with van der Waals surface area (Å²) < 4.78 is 10.0. The van der Waals surface area contributed by atoms with Crippen molar-refractivity contribution in [2.24, 2.45) is 0 Å². The number of nitrogens with zero attached hydrogens (tertiary/aromatic N) is 5. The Morgan fingerprint density at radius 1 is 1.09 bits per heavy atom. The second kappa shape index (κ2) is 9.21. The van der Waals surface area contributed by atoms with Crippen LogP contribution in [0.15, 0.2) is 54.9 Å². The van der Waals surface area contributed by atoms with Gasteiger partial charge in [-0.2, -0.15) is 0 Å². The summed E-state index contributed by atoms with van der Waals surface area (Å²) in [6, 6.07) is 13.1. The number of aryl methyl sites for hydroxylation is 1. The molecule has 4 aromatic rings. The van der Waals surface area contributed by atoms with Gasteiger partial charge in [0, 0.05) is 43.9 Å². The Bertz CT molecular complexity index is 1200. The summed E-state index contributed by atoms with van der Waals surface area (Å²) in [5, 5.41) is 11.6. The minimum absolute atomic E-state index is 0.126. The number of nitrogens with one attached hydrogen (secondary N) is 1. The Balaban J connectivity index is 1.16. The van der Waals surface area contributed by atoms with Gasteiger partial charge in [-0.05, 0) is 43.2 Å². The van der Waals surface area contributed by atoms with Gasteiger partial charge in [0.1, 0.15) is 29.7 Å². The summed E-state index contributed by atoms with van der Waals surface area (Å²) in [5.41, 5.74) is 2.28. The predicted octanol–water partition coefficient (Wildman–Crippen LogP) is 3.20. The highest BCUT2D eigenvalue weighted by molar-refractivity contribution is 5.94. The van der Waals surface area contributed by atoms with E-state index in [9.17, 15) is 4.79 Å². The van der Waals surface area contributed by atoms with E-state index in [0.29, 0.717) is 30.9 Å². The van der Waals surface area contributed by atoms with Gasteiger partial charge in [-0.3, -0.25) is 4.79 Å². The van der Waals surface area contributed by atoms with Crippen LogP contribution >= 0.6 is 0 Å². The lowest BCUT2D eigenvalue weighted by molar-refractivity contribution is 0.0953. The van der Waals surface area contributed by atoms with Crippen molar-refractivity contribution in [3.8, 4) is 5.75 Å².